The number of aliphatic imine (C=N–C) groups is 1. The van der Waals surface area contributed by atoms with Gasteiger partial charge in [-0.1, -0.05) is 0 Å². The highest BCUT2D eigenvalue weighted by Gasteiger charge is 2.14. The summed E-state index contributed by atoms with van der Waals surface area (Å²) in [7, 11) is 3.71. The lowest BCUT2D eigenvalue weighted by Gasteiger charge is -1.99. The third-order valence-corrected chi connectivity index (χ3v) is 2.66. The first-order chi connectivity index (χ1) is 8.56. The summed E-state index contributed by atoms with van der Waals surface area (Å²) in [5, 5.41) is 12.8. The van der Waals surface area contributed by atoms with Gasteiger partial charge in [-0.05, 0) is 6.07 Å². The van der Waals surface area contributed by atoms with E-state index >= 15 is 0 Å². The van der Waals surface area contributed by atoms with Crippen LogP contribution >= 0.6 is 11.3 Å². The minimum atomic E-state index is -0.582. The second kappa shape index (κ2) is 4.96. The van der Waals surface area contributed by atoms with Crippen molar-refractivity contribution in [1.82, 2.24) is 9.88 Å². The number of furan rings is 1. The highest BCUT2D eigenvalue weighted by atomic mass is 32.1. The second-order valence-corrected chi connectivity index (χ2v) is 4.46. The lowest BCUT2D eigenvalue weighted by molar-refractivity contribution is -0.401. The van der Waals surface area contributed by atoms with Crippen molar-refractivity contribution in [2.75, 3.05) is 14.1 Å². The molecule has 7 nitrogen and oxygen atoms in total. The van der Waals surface area contributed by atoms with Crippen LogP contribution in [0.1, 0.15) is 0 Å². The lowest BCUT2D eigenvalue weighted by atomic mass is 10.4. The number of aromatic nitrogens is 1. The van der Waals surface area contributed by atoms with Gasteiger partial charge in [0.2, 0.25) is 5.13 Å². The van der Waals surface area contributed by atoms with Crippen molar-refractivity contribution in [2.45, 2.75) is 0 Å². The number of rotatable bonds is 4. The Balaban J connectivity index is 2.21. The zero-order valence-corrected chi connectivity index (χ0v) is 10.5. The fraction of sp³-hybridized carbons (Fsp3) is 0.200. The van der Waals surface area contributed by atoms with E-state index < -0.39 is 4.92 Å². The van der Waals surface area contributed by atoms with Crippen LogP contribution in [0.2, 0.25) is 0 Å². The van der Waals surface area contributed by atoms with Gasteiger partial charge in [-0.25, -0.2) is 9.98 Å². The Bertz CT molecular complexity index is 587. The molecule has 0 saturated heterocycles. The van der Waals surface area contributed by atoms with Crippen LogP contribution in [0.15, 0.2) is 26.9 Å². The Hall–Kier alpha value is -2.22. The summed E-state index contributed by atoms with van der Waals surface area (Å²) >= 11 is 1.34. The molecule has 2 aromatic rings. The zero-order chi connectivity index (χ0) is 13.1. The molecule has 94 valence electrons. The van der Waals surface area contributed by atoms with Crippen LogP contribution in [-0.2, 0) is 0 Å². The Labute approximate surface area is 107 Å². The number of hydrogen-bond donors (Lipinski definition) is 0. The molecule has 18 heavy (non-hydrogen) atoms. The Kier molecular flexibility index (Phi) is 3.38. The van der Waals surface area contributed by atoms with Crippen molar-refractivity contribution in [3.05, 3.63) is 27.6 Å². The molecule has 0 bridgehead atoms. The predicted molar refractivity (Wildman–Crippen MR) is 68.3 cm³/mol. The van der Waals surface area contributed by atoms with Crippen LogP contribution in [0.25, 0.3) is 11.5 Å². The molecule has 2 heterocycles. The zero-order valence-electron chi connectivity index (χ0n) is 9.73. The first-order valence-electron chi connectivity index (χ1n) is 4.97. The summed E-state index contributed by atoms with van der Waals surface area (Å²) in [4.78, 5) is 20.0. The fourth-order valence-electron chi connectivity index (χ4n) is 1.17. The molecule has 0 aliphatic carbocycles. The Morgan fingerprint density at radius 3 is 2.94 bits per heavy atom. The predicted octanol–water partition coefficient (Wildman–Crippen LogP) is 2.53. The van der Waals surface area contributed by atoms with E-state index in [9.17, 15) is 10.1 Å². The molecular formula is C10H10N4O3S. The fourth-order valence-corrected chi connectivity index (χ4v) is 1.81. The van der Waals surface area contributed by atoms with Crippen LogP contribution in [0, 0.1) is 10.1 Å². The summed E-state index contributed by atoms with van der Waals surface area (Å²) in [6.45, 7) is 0. The molecule has 2 aromatic heterocycles. The third-order valence-electron chi connectivity index (χ3n) is 1.92. The SMILES string of the molecule is CN(C)/C=N/c1nc(-c2ccc([N+](=O)[O-])o2)cs1. The molecular weight excluding hydrogens is 256 g/mol. The molecule has 0 saturated carbocycles. The van der Waals surface area contributed by atoms with Gasteiger partial charge >= 0.3 is 5.88 Å². The van der Waals surface area contributed by atoms with Gasteiger partial charge < -0.3 is 9.32 Å². The largest absolute Gasteiger partial charge is 0.433 e. The highest BCUT2D eigenvalue weighted by molar-refractivity contribution is 7.13. The first kappa shape index (κ1) is 12.2. The second-order valence-electron chi connectivity index (χ2n) is 3.62. The van der Waals surface area contributed by atoms with Gasteiger partial charge in [-0.15, -0.1) is 11.3 Å². The molecule has 0 N–H and O–H groups in total. The average molecular weight is 266 g/mol. The van der Waals surface area contributed by atoms with Crippen LogP contribution in [0.4, 0.5) is 11.0 Å². The Morgan fingerprint density at radius 1 is 1.56 bits per heavy atom. The maximum atomic E-state index is 10.5. The quantitative estimate of drug-likeness (QED) is 0.367. The number of nitrogens with zero attached hydrogens (tertiary/aromatic N) is 4. The van der Waals surface area contributed by atoms with Crippen LogP contribution < -0.4 is 0 Å². The van der Waals surface area contributed by atoms with E-state index in [1.807, 2.05) is 14.1 Å². The average Bonchev–Trinajstić information content (AvgIpc) is 2.95. The highest BCUT2D eigenvalue weighted by Crippen LogP contribution is 2.29. The minimum Gasteiger partial charge on any atom is -0.399 e. The lowest BCUT2D eigenvalue weighted by Crippen LogP contribution is -2.06. The van der Waals surface area contributed by atoms with E-state index in [0.29, 0.717) is 16.6 Å². The number of nitro groups is 1. The van der Waals surface area contributed by atoms with E-state index in [0.717, 1.165) is 0 Å². The van der Waals surface area contributed by atoms with Crippen molar-refractivity contribution in [3.8, 4) is 11.5 Å². The molecule has 0 unspecified atom stereocenters. The van der Waals surface area contributed by atoms with Crippen molar-refractivity contribution in [1.29, 1.82) is 0 Å². The molecule has 0 aliphatic heterocycles. The van der Waals surface area contributed by atoms with Crippen LogP contribution in [0.5, 0.6) is 0 Å². The van der Waals surface area contributed by atoms with Crippen LogP contribution in [-0.4, -0.2) is 35.2 Å². The first-order valence-corrected chi connectivity index (χ1v) is 5.85. The van der Waals surface area contributed by atoms with Crippen molar-refractivity contribution in [2.24, 2.45) is 4.99 Å². The molecule has 0 atom stereocenters. The molecule has 0 amide bonds. The van der Waals surface area contributed by atoms with Crippen molar-refractivity contribution in [3.63, 3.8) is 0 Å². The maximum absolute atomic E-state index is 10.5. The van der Waals surface area contributed by atoms with E-state index in [-0.39, 0.29) is 5.88 Å². The van der Waals surface area contributed by atoms with E-state index in [2.05, 4.69) is 9.98 Å². The summed E-state index contributed by atoms with van der Waals surface area (Å²) in [5.74, 6) is 0.0700. The Morgan fingerprint density at radius 2 is 2.33 bits per heavy atom. The number of thiazole rings is 1. The standard InChI is InChI=1S/C10H10N4O3S/c1-13(2)6-11-10-12-7(5-18-10)8-3-4-9(17-8)14(15)16/h3-6H,1-2H3/b11-6+. The van der Waals surface area contributed by atoms with Gasteiger partial charge in [0.15, 0.2) is 5.76 Å². The maximum Gasteiger partial charge on any atom is 0.433 e. The topological polar surface area (TPSA) is 84.8 Å². The molecule has 8 heteroatoms. The minimum absolute atomic E-state index is 0.295. The van der Waals surface area contributed by atoms with Gasteiger partial charge in [0.1, 0.15) is 10.6 Å². The summed E-state index contributed by atoms with van der Waals surface area (Å²) < 4.78 is 5.05. The van der Waals surface area contributed by atoms with Gasteiger partial charge in [0.05, 0.1) is 12.4 Å². The van der Waals surface area contributed by atoms with E-state index in [4.69, 9.17) is 4.42 Å². The molecule has 2 rings (SSSR count). The summed E-state index contributed by atoms with van der Waals surface area (Å²) in [6, 6.07) is 2.82. The molecule has 0 aliphatic rings. The smallest absolute Gasteiger partial charge is 0.399 e. The summed E-state index contributed by atoms with van der Waals surface area (Å²) in [6.07, 6.45) is 1.63. The van der Waals surface area contributed by atoms with Gasteiger partial charge in [-0.3, -0.25) is 10.1 Å². The van der Waals surface area contributed by atoms with Gasteiger partial charge in [-0.2, -0.15) is 0 Å². The van der Waals surface area contributed by atoms with Gasteiger partial charge in [0.25, 0.3) is 0 Å². The van der Waals surface area contributed by atoms with Crippen LogP contribution in [0.3, 0.4) is 0 Å². The monoisotopic (exact) mass is 266 g/mol. The summed E-state index contributed by atoms with van der Waals surface area (Å²) in [5.41, 5.74) is 0.541. The van der Waals surface area contributed by atoms with E-state index in [1.165, 1.54) is 23.5 Å². The third kappa shape index (κ3) is 2.72. The number of hydrogen-bond acceptors (Lipinski definition) is 6. The van der Waals surface area contributed by atoms with E-state index in [1.54, 1.807) is 16.6 Å². The van der Waals surface area contributed by atoms with Crippen molar-refractivity contribution < 1.29 is 9.34 Å². The van der Waals surface area contributed by atoms with Crippen molar-refractivity contribution >= 4 is 28.7 Å². The molecule has 0 radical (unpaired) electrons. The molecule has 0 fully saturated rings. The molecule has 0 spiro atoms. The molecule has 0 aromatic carbocycles. The van der Waals surface area contributed by atoms with Gasteiger partial charge in [0, 0.05) is 19.5 Å². The normalized spacial score (nSPS) is 11.0.